The van der Waals surface area contributed by atoms with Gasteiger partial charge in [0.25, 0.3) is 0 Å². The Balaban J connectivity index is 1.95. The summed E-state index contributed by atoms with van der Waals surface area (Å²) in [6.45, 7) is 3.89. The average Bonchev–Trinajstić information content (AvgIpc) is 2.91. The third-order valence-corrected chi connectivity index (χ3v) is 3.24. The highest BCUT2D eigenvalue weighted by Gasteiger charge is 2.32. The lowest BCUT2D eigenvalue weighted by atomic mass is 10.2. The summed E-state index contributed by atoms with van der Waals surface area (Å²) < 4.78 is 20.8. The number of carbonyl (C=O) groups is 2. The van der Waals surface area contributed by atoms with E-state index in [0.717, 1.165) is 5.56 Å². The van der Waals surface area contributed by atoms with Gasteiger partial charge in [0.15, 0.2) is 5.79 Å². The highest BCUT2D eigenvalue weighted by atomic mass is 16.7. The molecule has 1 unspecified atom stereocenters. The number of esters is 1. The summed E-state index contributed by atoms with van der Waals surface area (Å²) in [6.07, 6.45) is 0.224. The first kappa shape index (κ1) is 18.0. The van der Waals surface area contributed by atoms with E-state index in [9.17, 15) is 9.59 Å². The Kier molecular flexibility index (Phi) is 5.94. The Bertz CT molecular complexity index is 611. The van der Waals surface area contributed by atoms with E-state index in [2.05, 4.69) is 10.1 Å². The van der Waals surface area contributed by atoms with E-state index in [1.54, 1.807) is 13.8 Å². The van der Waals surface area contributed by atoms with Crippen LogP contribution in [0.25, 0.3) is 0 Å². The highest BCUT2D eigenvalue weighted by Crippen LogP contribution is 2.23. The van der Waals surface area contributed by atoms with Gasteiger partial charge in [0, 0.05) is 0 Å². The Hall–Kier alpha value is -2.38. The fourth-order valence-electron chi connectivity index (χ4n) is 2.12. The second kappa shape index (κ2) is 7.94. The minimum absolute atomic E-state index is 0.0538. The van der Waals surface area contributed by atoms with Crippen LogP contribution in [0.3, 0.4) is 0 Å². The molecule has 1 fully saturated rings. The molecular formula is C17H21NO6. The van der Waals surface area contributed by atoms with Crippen LogP contribution in [0, 0.1) is 0 Å². The van der Waals surface area contributed by atoms with Gasteiger partial charge in [-0.3, -0.25) is 5.32 Å². The molecule has 1 aliphatic heterocycles. The van der Waals surface area contributed by atoms with Gasteiger partial charge in [0.1, 0.15) is 18.4 Å². The average molecular weight is 335 g/mol. The Morgan fingerprint density at radius 3 is 2.62 bits per heavy atom. The first-order valence-corrected chi connectivity index (χ1v) is 7.49. The van der Waals surface area contributed by atoms with Crippen molar-refractivity contribution >= 4 is 12.1 Å². The fraction of sp³-hybridized carbons (Fsp3) is 0.412. The number of hydrogen-bond donors (Lipinski definition) is 1. The second-order valence-electron chi connectivity index (χ2n) is 5.63. The van der Waals surface area contributed by atoms with Crippen LogP contribution in [-0.2, 0) is 30.3 Å². The SMILES string of the molecule is COC(=O)/C(=C/C1COC(C)(C)O1)NC(=O)OCc1ccccc1. The minimum Gasteiger partial charge on any atom is -0.464 e. The first-order valence-electron chi connectivity index (χ1n) is 7.49. The topological polar surface area (TPSA) is 83.1 Å². The largest absolute Gasteiger partial charge is 0.464 e. The van der Waals surface area contributed by atoms with Crippen molar-refractivity contribution in [3.63, 3.8) is 0 Å². The van der Waals surface area contributed by atoms with Gasteiger partial charge in [-0.05, 0) is 25.5 Å². The second-order valence-corrected chi connectivity index (χ2v) is 5.63. The van der Waals surface area contributed by atoms with E-state index in [-0.39, 0.29) is 18.9 Å². The maximum Gasteiger partial charge on any atom is 0.412 e. The lowest BCUT2D eigenvalue weighted by Gasteiger charge is -2.16. The zero-order valence-corrected chi connectivity index (χ0v) is 13.9. The van der Waals surface area contributed by atoms with Crippen LogP contribution in [0.5, 0.6) is 0 Å². The van der Waals surface area contributed by atoms with Crippen LogP contribution in [0.4, 0.5) is 4.79 Å². The maximum atomic E-state index is 11.9. The molecule has 1 aromatic carbocycles. The van der Waals surface area contributed by atoms with E-state index in [1.807, 2.05) is 30.3 Å². The fourth-order valence-corrected chi connectivity index (χ4v) is 2.12. The predicted molar refractivity (Wildman–Crippen MR) is 84.8 cm³/mol. The van der Waals surface area contributed by atoms with Gasteiger partial charge in [-0.2, -0.15) is 0 Å². The summed E-state index contributed by atoms with van der Waals surface area (Å²) in [4.78, 5) is 23.7. The zero-order valence-electron chi connectivity index (χ0n) is 13.9. The van der Waals surface area contributed by atoms with Crippen molar-refractivity contribution in [2.45, 2.75) is 32.3 Å². The molecule has 1 aromatic rings. The molecule has 0 spiro atoms. The summed E-state index contributed by atoms with van der Waals surface area (Å²) in [5.41, 5.74) is 0.785. The zero-order chi connectivity index (χ0) is 17.6. The monoisotopic (exact) mass is 335 g/mol. The van der Waals surface area contributed by atoms with Gasteiger partial charge < -0.3 is 18.9 Å². The summed E-state index contributed by atoms with van der Waals surface area (Å²) in [7, 11) is 1.23. The highest BCUT2D eigenvalue weighted by molar-refractivity contribution is 5.92. The number of hydrogen-bond acceptors (Lipinski definition) is 6. The lowest BCUT2D eigenvalue weighted by Crippen LogP contribution is -2.30. The molecule has 1 atom stereocenters. The van der Waals surface area contributed by atoms with Crippen LogP contribution in [0.1, 0.15) is 19.4 Å². The molecule has 0 saturated carbocycles. The molecule has 24 heavy (non-hydrogen) atoms. The van der Waals surface area contributed by atoms with Gasteiger partial charge in [-0.15, -0.1) is 0 Å². The summed E-state index contributed by atoms with van der Waals surface area (Å²) in [6, 6.07) is 9.21. The van der Waals surface area contributed by atoms with Crippen molar-refractivity contribution in [2.24, 2.45) is 0 Å². The smallest absolute Gasteiger partial charge is 0.412 e. The third kappa shape index (κ3) is 5.36. The summed E-state index contributed by atoms with van der Waals surface area (Å²) in [5, 5.41) is 2.38. The number of rotatable bonds is 5. The molecule has 1 saturated heterocycles. The standard InChI is InChI=1S/C17H21NO6/c1-17(2)23-11-13(24-17)9-14(15(19)21-3)18-16(20)22-10-12-7-5-4-6-8-12/h4-9,13H,10-11H2,1-3H3,(H,18,20)/b14-9-. The Morgan fingerprint density at radius 1 is 1.33 bits per heavy atom. The van der Waals surface area contributed by atoms with E-state index in [1.165, 1.54) is 13.2 Å². The van der Waals surface area contributed by atoms with Crippen LogP contribution in [-0.4, -0.2) is 37.7 Å². The number of amides is 1. The van der Waals surface area contributed by atoms with Crippen molar-refractivity contribution in [1.29, 1.82) is 0 Å². The van der Waals surface area contributed by atoms with E-state index in [0.29, 0.717) is 0 Å². The molecule has 0 aliphatic carbocycles. The van der Waals surface area contributed by atoms with Gasteiger partial charge in [0.05, 0.1) is 13.7 Å². The molecule has 0 aromatic heterocycles. The van der Waals surface area contributed by atoms with Crippen molar-refractivity contribution < 1.29 is 28.5 Å². The Labute approximate surface area is 140 Å². The van der Waals surface area contributed by atoms with Crippen molar-refractivity contribution in [3.05, 3.63) is 47.7 Å². The number of methoxy groups -OCH3 is 1. The number of alkyl carbamates (subject to hydrolysis) is 1. The number of nitrogens with one attached hydrogen (secondary N) is 1. The number of carbonyl (C=O) groups excluding carboxylic acids is 2. The molecule has 1 heterocycles. The molecule has 1 N–H and O–H groups in total. The number of benzene rings is 1. The Morgan fingerprint density at radius 2 is 2.04 bits per heavy atom. The molecular weight excluding hydrogens is 314 g/mol. The van der Waals surface area contributed by atoms with Crippen LogP contribution in [0.2, 0.25) is 0 Å². The van der Waals surface area contributed by atoms with E-state index in [4.69, 9.17) is 14.2 Å². The molecule has 2 rings (SSSR count). The first-order chi connectivity index (χ1) is 11.4. The van der Waals surface area contributed by atoms with E-state index < -0.39 is 24.0 Å². The van der Waals surface area contributed by atoms with Gasteiger partial charge in [0.2, 0.25) is 0 Å². The van der Waals surface area contributed by atoms with Crippen LogP contribution >= 0.6 is 0 Å². The molecule has 130 valence electrons. The van der Waals surface area contributed by atoms with Crippen LogP contribution < -0.4 is 5.32 Å². The molecule has 7 nitrogen and oxygen atoms in total. The molecule has 1 aliphatic rings. The predicted octanol–water partition coefficient (Wildman–Crippen LogP) is 2.12. The molecule has 0 bridgehead atoms. The maximum absolute atomic E-state index is 11.9. The van der Waals surface area contributed by atoms with E-state index >= 15 is 0 Å². The molecule has 0 radical (unpaired) electrons. The van der Waals surface area contributed by atoms with Crippen molar-refractivity contribution in [1.82, 2.24) is 5.32 Å². The minimum atomic E-state index is -0.756. The van der Waals surface area contributed by atoms with Crippen LogP contribution in [0.15, 0.2) is 42.1 Å². The molecule has 1 amide bonds. The van der Waals surface area contributed by atoms with Gasteiger partial charge >= 0.3 is 12.1 Å². The van der Waals surface area contributed by atoms with Gasteiger partial charge in [-0.1, -0.05) is 30.3 Å². The molecule has 7 heteroatoms. The van der Waals surface area contributed by atoms with Crippen molar-refractivity contribution in [3.8, 4) is 0 Å². The third-order valence-electron chi connectivity index (χ3n) is 3.24. The lowest BCUT2D eigenvalue weighted by molar-refractivity contribution is -0.138. The normalized spacial score (nSPS) is 19.6. The summed E-state index contributed by atoms with van der Waals surface area (Å²) >= 11 is 0. The quantitative estimate of drug-likeness (QED) is 0.655. The van der Waals surface area contributed by atoms with Crippen molar-refractivity contribution in [2.75, 3.05) is 13.7 Å². The number of ether oxygens (including phenoxy) is 4. The van der Waals surface area contributed by atoms with Gasteiger partial charge in [-0.25, -0.2) is 9.59 Å². The summed E-state index contributed by atoms with van der Waals surface area (Å²) in [5.74, 6) is -1.43.